The molecule has 3 rings (SSSR count). The summed E-state index contributed by atoms with van der Waals surface area (Å²) in [5.41, 5.74) is 1.96. The van der Waals surface area contributed by atoms with Crippen LogP contribution in [0.25, 0.3) is 0 Å². The summed E-state index contributed by atoms with van der Waals surface area (Å²) in [5, 5.41) is 6.70. The Balaban J connectivity index is 1.84. The Morgan fingerprint density at radius 2 is 1.96 bits per heavy atom. The maximum absolute atomic E-state index is 12.7. The largest absolute Gasteiger partial charge is 0.497 e. The molecule has 0 bridgehead atoms. The van der Waals surface area contributed by atoms with Gasteiger partial charge in [-0.25, -0.2) is 0 Å². The first kappa shape index (κ1) is 17.5. The van der Waals surface area contributed by atoms with Crippen molar-refractivity contribution in [3.8, 4) is 11.5 Å². The van der Waals surface area contributed by atoms with Crippen molar-refractivity contribution in [2.45, 2.75) is 13.3 Å². The van der Waals surface area contributed by atoms with Crippen molar-refractivity contribution >= 4 is 11.6 Å². The Labute approximate surface area is 150 Å². The number of nitrogens with one attached hydrogen (secondary N) is 1. The van der Waals surface area contributed by atoms with Crippen molar-refractivity contribution in [2.24, 2.45) is 0 Å². The molecule has 0 unspecified atom stereocenters. The van der Waals surface area contributed by atoms with Crippen LogP contribution >= 0.6 is 0 Å². The zero-order chi connectivity index (χ0) is 18.5. The van der Waals surface area contributed by atoms with Crippen LogP contribution in [0.5, 0.6) is 11.5 Å². The summed E-state index contributed by atoms with van der Waals surface area (Å²) in [4.78, 5) is 16.9. The van der Waals surface area contributed by atoms with Crippen molar-refractivity contribution < 1.29 is 18.8 Å². The maximum atomic E-state index is 12.7. The van der Waals surface area contributed by atoms with E-state index in [-0.39, 0.29) is 5.91 Å². The van der Waals surface area contributed by atoms with Crippen LogP contribution in [0.4, 0.5) is 5.69 Å². The van der Waals surface area contributed by atoms with Crippen molar-refractivity contribution in [3.05, 3.63) is 65.3 Å². The number of methoxy groups -OCH3 is 2. The fourth-order valence-corrected chi connectivity index (χ4v) is 2.55. The van der Waals surface area contributed by atoms with Crippen LogP contribution in [-0.2, 0) is 6.42 Å². The molecule has 26 heavy (non-hydrogen) atoms. The van der Waals surface area contributed by atoms with Gasteiger partial charge in [0.1, 0.15) is 11.5 Å². The molecular formula is C19H19N3O4. The average molecular weight is 353 g/mol. The van der Waals surface area contributed by atoms with Gasteiger partial charge in [-0.3, -0.25) is 4.79 Å². The monoisotopic (exact) mass is 353 g/mol. The first-order chi connectivity index (χ1) is 12.6. The zero-order valence-electron chi connectivity index (χ0n) is 14.8. The highest BCUT2D eigenvalue weighted by Gasteiger charge is 2.16. The smallest absolute Gasteiger partial charge is 0.259 e. The number of carbonyl (C=O) groups excluding carboxylic acids is 1. The topological polar surface area (TPSA) is 86.5 Å². The summed E-state index contributed by atoms with van der Waals surface area (Å²) < 4.78 is 15.6. The third-order valence-electron chi connectivity index (χ3n) is 3.83. The Hall–Kier alpha value is -3.35. The van der Waals surface area contributed by atoms with Gasteiger partial charge in [0.05, 0.1) is 26.2 Å². The molecule has 1 heterocycles. The molecule has 7 nitrogen and oxygen atoms in total. The number of anilines is 1. The predicted molar refractivity (Wildman–Crippen MR) is 95.8 cm³/mol. The minimum absolute atomic E-state index is 0.279. The molecule has 0 radical (unpaired) electrons. The molecule has 2 aromatic carbocycles. The van der Waals surface area contributed by atoms with E-state index in [0.29, 0.717) is 40.9 Å². The summed E-state index contributed by atoms with van der Waals surface area (Å²) in [7, 11) is 3.07. The number of para-hydroxylation sites is 1. The van der Waals surface area contributed by atoms with E-state index in [2.05, 4.69) is 15.5 Å². The number of rotatable bonds is 6. The number of amides is 1. The van der Waals surface area contributed by atoms with Crippen LogP contribution in [0, 0.1) is 6.92 Å². The fraction of sp³-hybridized carbons (Fsp3) is 0.211. The highest BCUT2D eigenvalue weighted by Crippen LogP contribution is 2.26. The van der Waals surface area contributed by atoms with E-state index in [0.717, 1.165) is 5.56 Å². The Morgan fingerprint density at radius 1 is 1.15 bits per heavy atom. The fourth-order valence-electron chi connectivity index (χ4n) is 2.55. The average Bonchev–Trinajstić information content (AvgIpc) is 3.07. The maximum Gasteiger partial charge on any atom is 0.259 e. The third kappa shape index (κ3) is 3.83. The zero-order valence-corrected chi connectivity index (χ0v) is 14.8. The summed E-state index contributed by atoms with van der Waals surface area (Å²) in [6.07, 6.45) is 0.428. The van der Waals surface area contributed by atoms with Crippen molar-refractivity contribution in [1.82, 2.24) is 10.1 Å². The van der Waals surface area contributed by atoms with Gasteiger partial charge in [0, 0.05) is 11.8 Å². The SMILES string of the molecule is COc1ccc(C(=O)Nc2ccccc2Cc2nc(C)no2)c(OC)c1. The molecule has 0 saturated carbocycles. The van der Waals surface area contributed by atoms with Gasteiger partial charge in [0.15, 0.2) is 5.82 Å². The van der Waals surface area contributed by atoms with Gasteiger partial charge in [-0.1, -0.05) is 23.4 Å². The number of nitrogens with zero attached hydrogens (tertiary/aromatic N) is 2. The molecule has 0 saturated heterocycles. The van der Waals surface area contributed by atoms with Crippen molar-refractivity contribution in [1.29, 1.82) is 0 Å². The summed E-state index contributed by atoms with van der Waals surface area (Å²) in [6.45, 7) is 1.76. The first-order valence-electron chi connectivity index (χ1n) is 8.01. The van der Waals surface area contributed by atoms with Gasteiger partial charge >= 0.3 is 0 Å². The lowest BCUT2D eigenvalue weighted by atomic mass is 10.1. The van der Waals surface area contributed by atoms with E-state index in [9.17, 15) is 4.79 Å². The van der Waals surface area contributed by atoms with Crippen LogP contribution in [0.2, 0.25) is 0 Å². The van der Waals surface area contributed by atoms with Gasteiger partial charge in [-0.2, -0.15) is 4.98 Å². The summed E-state index contributed by atoms with van der Waals surface area (Å²) in [6, 6.07) is 12.5. The van der Waals surface area contributed by atoms with Crippen molar-refractivity contribution in [3.63, 3.8) is 0 Å². The highest BCUT2D eigenvalue weighted by molar-refractivity contribution is 6.06. The van der Waals surface area contributed by atoms with Crippen LogP contribution in [-0.4, -0.2) is 30.3 Å². The van der Waals surface area contributed by atoms with Crippen LogP contribution < -0.4 is 14.8 Å². The molecule has 0 aliphatic carbocycles. The Morgan fingerprint density at radius 3 is 2.65 bits per heavy atom. The van der Waals surface area contributed by atoms with E-state index in [1.165, 1.54) is 7.11 Å². The summed E-state index contributed by atoms with van der Waals surface area (Å²) in [5.74, 6) is 1.84. The minimum atomic E-state index is -0.279. The van der Waals surface area contributed by atoms with Gasteiger partial charge in [-0.15, -0.1) is 0 Å². The van der Waals surface area contributed by atoms with E-state index in [4.69, 9.17) is 14.0 Å². The van der Waals surface area contributed by atoms with Crippen LogP contribution in [0.1, 0.15) is 27.6 Å². The second-order valence-electron chi connectivity index (χ2n) is 5.59. The lowest BCUT2D eigenvalue weighted by Gasteiger charge is -2.13. The summed E-state index contributed by atoms with van der Waals surface area (Å²) >= 11 is 0. The van der Waals surface area contributed by atoms with Gasteiger partial charge < -0.3 is 19.3 Å². The normalized spacial score (nSPS) is 10.4. The third-order valence-corrected chi connectivity index (χ3v) is 3.83. The lowest BCUT2D eigenvalue weighted by molar-refractivity contribution is 0.102. The number of aryl methyl sites for hydroxylation is 1. The number of hydrogen-bond donors (Lipinski definition) is 1. The molecule has 3 aromatic rings. The first-order valence-corrected chi connectivity index (χ1v) is 8.01. The van der Waals surface area contributed by atoms with E-state index in [1.54, 1.807) is 32.2 Å². The molecule has 1 aromatic heterocycles. The van der Waals surface area contributed by atoms with E-state index < -0.39 is 0 Å². The molecular weight excluding hydrogens is 334 g/mol. The van der Waals surface area contributed by atoms with Gasteiger partial charge in [-0.05, 0) is 30.7 Å². The van der Waals surface area contributed by atoms with Gasteiger partial charge in [0.25, 0.3) is 5.91 Å². The van der Waals surface area contributed by atoms with Crippen molar-refractivity contribution in [2.75, 3.05) is 19.5 Å². The molecule has 1 amide bonds. The molecule has 0 aliphatic heterocycles. The molecule has 0 aliphatic rings. The Bertz CT molecular complexity index is 921. The second kappa shape index (κ2) is 7.69. The molecule has 1 N–H and O–H groups in total. The number of carbonyl (C=O) groups is 1. The molecule has 0 fully saturated rings. The quantitative estimate of drug-likeness (QED) is 0.732. The Kier molecular flexibility index (Phi) is 5.17. The molecule has 7 heteroatoms. The second-order valence-corrected chi connectivity index (χ2v) is 5.59. The molecule has 0 atom stereocenters. The highest BCUT2D eigenvalue weighted by atomic mass is 16.5. The number of benzene rings is 2. The lowest BCUT2D eigenvalue weighted by Crippen LogP contribution is -2.14. The predicted octanol–water partition coefficient (Wildman–Crippen LogP) is 3.24. The molecule has 134 valence electrons. The van der Waals surface area contributed by atoms with Crippen LogP contribution in [0.3, 0.4) is 0 Å². The number of ether oxygens (including phenoxy) is 2. The number of aromatic nitrogens is 2. The molecule has 0 spiro atoms. The standard InChI is InChI=1S/C19H19N3O4/c1-12-20-18(26-22-12)10-13-6-4-5-7-16(13)21-19(23)15-9-8-14(24-2)11-17(15)25-3/h4-9,11H,10H2,1-3H3,(H,21,23). The van der Waals surface area contributed by atoms with Gasteiger partial charge in [0.2, 0.25) is 5.89 Å². The minimum Gasteiger partial charge on any atom is -0.497 e. The van der Waals surface area contributed by atoms with Crippen LogP contribution in [0.15, 0.2) is 47.0 Å². The van der Waals surface area contributed by atoms with E-state index >= 15 is 0 Å². The van der Waals surface area contributed by atoms with E-state index in [1.807, 2.05) is 24.3 Å². The number of hydrogen-bond acceptors (Lipinski definition) is 6.